The van der Waals surface area contributed by atoms with Crippen molar-refractivity contribution in [3.63, 3.8) is 0 Å². The molecule has 1 fully saturated rings. The van der Waals surface area contributed by atoms with Gasteiger partial charge in [-0.2, -0.15) is 5.10 Å². The Morgan fingerprint density at radius 1 is 1.44 bits per heavy atom. The van der Waals surface area contributed by atoms with Crippen molar-refractivity contribution < 1.29 is 8.42 Å². The minimum absolute atomic E-state index is 0.00732. The Bertz CT molecular complexity index is 550. The lowest BCUT2D eigenvalue weighted by atomic mass is 10.3. The van der Waals surface area contributed by atoms with E-state index in [2.05, 4.69) is 5.10 Å². The van der Waals surface area contributed by atoms with Crippen LogP contribution in [0.15, 0.2) is 4.90 Å². The van der Waals surface area contributed by atoms with Gasteiger partial charge in [-0.15, -0.1) is 0 Å². The molecular weight excluding hydrogens is 297 g/mol. The van der Waals surface area contributed by atoms with Gasteiger partial charge in [-0.3, -0.25) is 4.68 Å². The van der Waals surface area contributed by atoms with E-state index in [0.717, 1.165) is 19.4 Å². The number of aromatic nitrogens is 2. The molecule has 1 aromatic heterocycles. The first-order chi connectivity index (χ1) is 8.30. The zero-order valence-electron chi connectivity index (χ0n) is 10.2. The summed E-state index contributed by atoms with van der Waals surface area (Å²) in [4.78, 5) is 1.97. The molecule has 8 heteroatoms. The molecule has 18 heavy (non-hydrogen) atoms. The lowest BCUT2D eigenvalue weighted by molar-refractivity contribution is 0.372. The van der Waals surface area contributed by atoms with Gasteiger partial charge in [0, 0.05) is 23.1 Å². The second kappa shape index (κ2) is 5.00. The smallest absolute Gasteiger partial charge is 0.266 e. The quantitative estimate of drug-likeness (QED) is 0.779. The summed E-state index contributed by atoms with van der Waals surface area (Å²) in [6, 6.07) is 0. The van der Waals surface area contributed by atoms with Crippen LogP contribution in [0.4, 0.5) is 0 Å². The Kier molecular flexibility index (Phi) is 3.92. The lowest BCUT2D eigenvalue weighted by Gasteiger charge is -2.09. The zero-order chi connectivity index (χ0) is 13.5. The maximum absolute atomic E-state index is 11.6. The van der Waals surface area contributed by atoms with Crippen LogP contribution in [-0.2, 0) is 15.6 Å². The Balaban J connectivity index is 2.38. The number of nitrogens with zero attached hydrogens (tertiary/aromatic N) is 3. The van der Waals surface area contributed by atoms with Crippen molar-refractivity contribution in [2.45, 2.75) is 30.2 Å². The van der Waals surface area contributed by atoms with E-state index >= 15 is 0 Å². The van der Waals surface area contributed by atoms with Crippen molar-refractivity contribution >= 4 is 31.3 Å². The molecule has 0 unspecified atom stereocenters. The van der Waals surface area contributed by atoms with Gasteiger partial charge in [0.25, 0.3) is 9.05 Å². The van der Waals surface area contributed by atoms with Gasteiger partial charge in [-0.1, -0.05) is 11.6 Å². The summed E-state index contributed by atoms with van der Waals surface area (Å²) in [5.74, 6) is 0.187. The molecule has 0 saturated heterocycles. The molecule has 0 aromatic carbocycles. The molecule has 0 bridgehead atoms. The maximum Gasteiger partial charge on any atom is 0.266 e. The van der Waals surface area contributed by atoms with Gasteiger partial charge in [0.2, 0.25) is 0 Å². The molecule has 5 nitrogen and oxygen atoms in total. The van der Waals surface area contributed by atoms with Crippen molar-refractivity contribution in [2.75, 3.05) is 20.6 Å². The molecule has 0 spiro atoms. The Morgan fingerprint density at radius 3 is 2.50 bits per heavy atom. The first-order valence-corrected chi connectivity index (χ1v) is 8.35. The molecule has 1 aromatic rings. The van der Waals surface area contributed by atoms with Crippen LogP contribution in [0.1, 0.15) is 24.5 Å². The van der Waals surface area contributed by atoms with Crippen LogP contribution in [-0.4, -0.2) is 43.7 Å². The highest BCUT2D eigenvalue weighted by atomic mass is 35.7. The highest BCUT2D eigenvalue weighted by Crippen LogP contribution is 2.44. The largest absolute Gasteiger partial charge is 0.308 e. The van der Waals surface area contributed by atoms with Gasteiger partial charge in [0.05, 0.1) is 12.2 Å². The third-order valence-corrected chi connectivity index (χ3v) is 4.69. The standard InChI is InChI=1S/C10H15Cl2N3O2S/c1-14(2)5-6-15-10(11)9(18(12,16)17)8(13-15)7-3-4-7/h7H,3-6H2,1-2H3. The van der Waals surface area contributed by atoms with E-state index < -0.39 is 9.05 Å². The van der Waals surface area contributed by atoms with Crippen LogP contribution in [0.25, 0.3) is 0 Å². The fourth-order valence-electron chi connectivity index (χ4n) is 1.73. The van der Waals surface area contributed by atoms with Crippen molar-refractivity contribution in [3.05, 3.63) is 10.8 Å². The van der Waals surface area contributed by atoms with Crippen LogP contribution >= 0.6 is 22.3 Å². The third-order valence-electron chi connectivity index (χ3n) is 2.84. The van der Waals surface area contributed by atoms with Crippen LogP contribution in [0.5, 0.6) is 0 Å². The van der Waals surface area contributed by atoms with Gasteiger partial charge in [-0.05, 0) is 26.9 Å². The van der Waals surface area contributed by atoms with Gasteiger partial charge in [0.15, 0.2) is 0 Å². The van der Waals surface area contributed by atoms with Crippen molar-refractivity contribution in [3.8, 4) is 0 Å². The molecule has 1 aliphatic rings. The number of rotatable bonds is 5. The van der Waals surface area contributed by atoms with E-state index in [1.54, 1.807) is 0 Å². The van der Waals surface area contributed by atoms with Crippen molar-refractivity contribution in [1.82, 2.24) is 14.7 Å². The first-order valence-electron chi connectivity index (χ1n) is 5.66. The summed E-state index contributed by atoms with van der Waals surface area (Å²) in [5.41, 5.74) is 0.522. The minimum Gasteiger partial charge on any atom is -0.308 e. The van der Waals surface area contributed by atoms with E-state index in [0.29, 0.717) is 12.2 Å². The van der Waals surface area contributed by atoms with E-state index in [-0.39, 0.29) is 16.0 Å². The summed E-state index contributed by atoms with van der Waals surface area (Å²) in [6.07, 6.45) is 1.89. The predicted molar refractivity (Wildman–Crippen MR) is 70.8 cm³/mol. The van der Waals surface area contributed by atoms with E-state index in [4.69, 9.17) is 22.3 Å². The van der Waals surface area contributed by atoms with E-state index in [1.165, 1.54) is 4.68 Å². The molecule has 0 atom stereocenters. The number of halogens is 2. The van der Waals surface area contributed by atoms with Crippen molar-refractivity contribution in [2.24, 2.45) is 0 Å². The topological polar surface area (TPSA) is 55.2 Å². The molecule has 0 radical (unpaired) electrons. The first kappa shape index (κ1) is 14.1. The van der Waals surface area contributed by atoms with E-state index in [9.17, 15) is 8.42 Å². The zero-order valence-corrected chi connectivity index (χ0v) is 12.6. The average molecular weight is 312 g/mol. The molecular formula is C10H15Cl2N3O2S. The Hall–Kier alpha value is -0.300. The van der Waals surface area contributed by atoms with Gasteiger partial charge in [0.1, 0.15) is 10.0 Å². The Morgan fingerprint density at radius 2 is 2.06 bits per heavy atom. The monoisotopic (exact) mass is 311 g/mol. The summed E-state index contributed by atoms with van der Waals surface area (Å²) >= 11 is 6.09. The molecule has 0 amide bonds. The summed E-state index contributed by atoms with van der Waals surface area (Å²) < 4.78 is 24.7. The maximum atomic E-state index is 11.6. The number of hydrogen-bond donors (Lipinski definition) is 0. The normalized spacial score (nSPS) is 16.5. The van der Waals surface area contributed by atoms with Gasteiger partial charge >= 0.3 is 0 Å². The van der Waals surface area contributed by atoms with Gasteiger partial charge in [-0.25, -0.2) is 8.42 Å². The van der Waals surface area contributed by atoms with Crippen LogP contribution in [0.3, 0.4) is 0 Å². The summed E-state index contributed by atoms with van der Waals surface area (Å²) in [5, 5.41) is 4.42. The predicted octanol–water partition coefficient (Wildman–Crippen LogP) is 1.90. The number of hydrogen-bond acceptors (Lipinski definition) is 4. The van der Waals surface area contributed by atoms with Crippen LogP contribution in [0.2, 0.25) is 5.15 Å². The second-order valence-corrected chi connectivity index (χ2v) is 7.60. The Labute approximate surface area is 116 Å². The molecule has 2 rings (SSSR count). The number of likely N-dealkylation sites (N-methyl/N-ethyl adjacent to an activating group) is 1. The summed E-state index contributed by atoms with van der Waals surface area (Å²) in [7, 11) is 5.46. The summed E-state index contributed by atoms with van der Waals surface area (Å²) in [6.45, 7) is 1.27. The molecule has 0 N–H and O–H groups in total. The van der Waals surface area contributed by atoms with E-state index in [1.807, 2.05) is 19.0 Å². The lowest BCUT2D eigenvalue weighted by Crippen LogP contribution is -2.19. The molecule has 102 valence electrons. The fraction of sp³-hybridized carbons (Fsp3) is 0.700. The third kappa shape index (κ3) is 2.99. The average Bonchev–Trinajstić information content (AvgIpc) is 2.99. The molecule has 1 heterocycles. The minimum atomic E-state index is -3.84. The highest BCUT2D eigenvalue weighted by molar-refractivity contribution is 8.13. The SMILES string of the molecule is CN(C)CCn1nc(C2CC2)c(S(=O)(=O)Cl)c1Cl. The molecule has 1 saturated carbocycles. The fourth-order valence-corrected chi connectivity index (χ4v) is 3.60. The molecule has 0 aliphatic heterocycles. The van der Waals surface area contributed by atoms with Gasteiger partial charge < -0.3 is 4.90 Å². The van der Waals surface area contributed by atoms with Crippen molar-refractivity contribution in [1.29, 1.82) is 0 Å². The molecule has 1 aliphatic carbocycles. The highest BCUT2D eigenvalue weighted by Gasteiger charge is 2.36. The van der Waals surface area contributed by atoms with Crippen LogP contribution < -0.4 is 0 Å². The van der Waals surface area contributed by atoms with Crippen LogP contribution in [0, 0.1) is 0 Å². The second-order valence-electron chi connectivity index (χ2n) is 4.74.